The largest absolute Gasteiger partial charge is 0.464 e. The van der Waals surface area contributed by atoms with Crippen LogP contribution in [-0.2, 0) is 6.54 Å². The summed E-state index contributed by atoms with van der Waals surface area (Å²) < 4.78 is 5.14. The lowest BCUT2D eigenvalue weighted by molar-refractivity contribution is 0.616. The minimum Gasteiger partial charge on any atom is -0.464 e. The molecule has 0 atom stereocenters. The highest BCUT2D eigenvalue weighted by Crippen LogP contribution is 2.17. The van der Waals surface area contributed by atoms with Gasteiger partial charge in [-0.2, -0.15) is 4.91 Å². The summed E-state index contributed by atoms with van der Waals surface area (Å²) in [6, 6.07) is 7.45. The SMILES string of the molecule is O=NCc1ccc2occc2c1. The predicted octanol–water partition coefficient (Wildman–Crippen LogP) is 2.70. The highest BCUT2D eigenvalue weighted by Gasteiger charge is 1.97. The Balaban J connectivity index is 2.52. The molecule has 0 aliphatic heterocycles. The highest BCUT2D eigenvalue weighted by atomic mass is 16.3. The summed E-state index contributed by atoms with van der Waals surface area (Å²) in [4.78, 5) is 9.98. The Labute approximate surface area is 69.0 Å². The van der Waals surface area contributed by atoms with E-state index < -0.39 is 0 Å². The molecule has 0 amide bonds. The van der Waals surface area contributed by atoms with Crippen molar-refractivity contribution >= 4 is 11.0 Å². The van der Waals surface area contributed by atoms with Gasteiger partial charge in [-0.05, 0) is 23.8 Å². The normalized spacial score (nSPS) is 10.3. The van der Waals surface area contributed by atoms with Crippen molar-refractivity contribution in [3.63, 3.8) is 0 Å². The van der Waals surface area contributed by atoms with Gasteiger partial charge in [0.1, 0.15) is 12.1 Å². The molecule has 0 fully saturated rings. The summed E-state index contributed by atoms with van der Waals surface area (Å²) in [6.45, 7) is 0.223. The van der Waals surface area contributed by atoms with E-state index in [9.17, 15) is 4.91 Å². The minimum atomic E-state index is 0.223. The molecule has 12 heavy (non-hydrogen) atoms. The minimum absolute atomic E-state index is 0.223. The third-order valence-corrected chi connectivity index (χ3v) is 1.76. The van der Waals surface area contributed by atoms with E-state index in [0.717, 1.165) is 16.5 Å². The van der Waals surface area contributed by atoms with Crippen LogP contribution >= 0.6 is 0 Å². The first-order chi connectivity index (χ1) is 5.90. The van der Waals surface area contributed by atoms with E-state index in [1.54, 1.807) is 6.26 Å². The van der Waals surface area contributed by atoms with Crippen molar-refractivity contribution in [3.05, 3.63) is 41.0 Å². The van der Waals surface area contributed by atoms with Gasteiger partial charge in [0.25, 0.3) is 0 Å². The lowest BCUT2D eigenvalue weighted by Crippen LogP contribution is -1.77. The summed E-state index contributed by atoms with van der Waals surface area (Å²) in [5.74, 6) is 0. The van der Waals surface area contributed by atoms with Crippen molar-refractivity contribution in [1.29, 1.82) is 0 Å². The van der Waals surface area contributed by atoms with Gasteiger partial charge in [0.15, 0.2) is 0 Å². The fourth-order valence-corrected chi connectivity index (χ4v) is 1.19. The Morgan fingerprint density at radius 1 is 1.33 bits per heavy atom. The van der Waals surface area contributed by atoms with Crippen LogP contribution in [0, 0.1) is 4.91 Å². The third-order valence-electron chi connectivity index (χ3n) is 1.76. The fraction of sp³-hybridized carbons (Fsp3) is 0.111. The van der Waals surface area contributed by atoms with Gasteiger partial charge < -0.3 is 4.42 Å². The molecule has 0 N–H and O–H groups in total. The second-order valence-electron chi connectivity index (χ2n) is 2.58. The maximum Gasteiger partial charge on any atom is 0.133 e. The second kappa shape index (κ2) is 2.77. The molecule has 0 bridgehead atoms. The molecule has 3 nitrogen and oxygen atoms in total. The quantitative estimate of drug-likeness (QED) is 0.635. The monoisotopic (exact) mass is 161 g/mol. The number of benzene rings is 1. The van der Waals surface area contributed by atoms with E-state index in [1.165, 1.54) is 0 Å². The predicted molar refractivity (Wildman–Crippen MR) is 45.7 cm³/mol. The van der Waals surface area contributed by atoms with Crippen LogP contribution in [0.15, 0.2) is 40.1 Å². The van der Waals surface area contributed by atoms with Crippen LogP contribution in [0.5, 0.6) is 0 Å². The number of fused-ring (bicyclic) bond motifs is 1. The van der Waals surface area contributed by atoms with E-state index in [4.69, 9.17) is 4.42 Å². The number of hydrogen-bond acceptors (Lipinski definition) is 3. The van der Waals surface area contributed by atoms with Gasteiger partial charge >= 0.3 is 0 Å². The zero-order valence-electron chi connectivity index (χ0n) is 6.36. The van der Waals surface area contributed by atoms with Crippen LogP contribution in [0.2, 0.25) is 0 Å². The summed E-state index contributed by atoms with van der Waals surface area (Å²) >= 11 is 0. The van der Waals surface area contributed by atoms with Gasteiger partial charge in [0.2, 0.25) is 0 Å². The molecule has 0 aliphatic rings. The lowest BCUT2D eigenvalue weighted by Gasteiger charge is -1.92. The summed E-state index contributed by atoms with van der Waals surface area (Å²) in [5.41, 5.74) is 1.75. The molecule has 2 rings (SSSR count). The van der Waals surface area contributed by atoms with Gasteiger partial charge in [-0.15, -0.1) is 0 Å². The van der Waals surface area contributed by atoms with E-state index >= 15 is 0 Å². The van der Waals surface area contributed by atoms with Crippen molar-refractivity contribution in [2.45, 2.75) is 6.54 Å². The van der Waals surface area contributed by atoms with Crippen LogP contribution in [0.3, 0.4) is 0 Å². The molecule has 0 radical (unpaired) electrons. The standard InChI is InChI=1S/C9H7NO2/c11-10-6-7-1-2-9-8(5-7)3-4-12-9/h1-5H,6H2. The summed E-state index contributed by atoms with van der Waals surface area (Å²) in [7, 11) is 0. The van der Waals surface area contributed by atoms with Crippen LogP contribution < -0.4 is 0 Å². The Morgan fingerprint density at radius 2 is 2.25 bits per heavy atom. The molecule has 2 aromatic rings. The Bertz CT molecular complexity index is 406. The molecule has 1 aromatic heterocycles. The molecule has 1 heterocycles. The molecule has 60 valence electrons. The van der Waals surface area contributed by atoms with Crippen LogP contribution in [-0.4, -0.2) is 0 Å². The smallest absolute Gasteiger partial charge is 0.133 e. The molecule has 1 aromatic carbocycles. The number of nitrogens with zero attached hydrogens (tertiary/aromatic N) is 1. The average molecular weight is 161 g/mol. The summed E-state index contributed by atoms with van der Waals surface area (Å²) in [6.07, 6.45) is 1.63. The molecule has 0 aliphatic carbocycles. The Morgan fingerprint density at radius 3 is 3.08 bits per heavy atom. The lowest BCUT2D eigenvalue weighted by atomic mass is 10.2. The Kier molecular flexibility index (Phi) is 1.63. The topological polar surface area (TPSA) is 42.6 Å². The third kappa shape index (κ3) is 1.09. The molecule has 0 saturated heterocycles. The first kappa shape index (κ1) is 7.03. The van der Waals surface area contributed by atoms with Gasteiger partial charge in [-0.1, -0.05) is 11.2 Å². The van der Waals surface area contributed by atoms with Gasteiger partial charge in [-0.25, -0.2) is 0 Å². The number of hydrogen-bond donors (Lipinski definition) is 0. The van der Waals surface area contributed by atoms with Gasteiger partial charge in [-0.3, -0.25) is 0 Å². The molecule has 0 unspecified atom stereocenters. The molecule has 0 saturated carbocycles. The van der Waals surface area contributed by atoms with Gasteiger partial charge in [0, 0.05) is 5.39 Å². The van der Waals surface area contributed by atoms with E-state index in [-0.39, 0.29) is 6.54 Å². The zero-order chi connectivity index (χ0) is 8.39. The maximum absolute atomic E-state index is 9.98. The molecular formula is C9H7NO2. The van der Waals surface area contributed by atoms with Crippen molar-refractivity contribution in [1.82, 2.24) is 0 Å². The van der Waals surface area contributed by atoms with Crippen molar-refractivity contribution in [2.24, 2.45) is 5.18 Å². The first-order valence-corrected chi connectivity index (χ1v) is 3.65. The van der Waals surface area contributed by atoms with Crippen molar-refractivity contribution in [2.75, 3.05) is 0 Å². The van der Waals surface area contributed by atoms with Crippen LogP contribution in [0.4, 0.5) is 0 Å². The first-order valence-electron chi connectivity index (χ1n) is 3.65. The molecule has 0 spiro atoms. The number of furan rings is 1. The number of nitroso groups, excluding NO2 is 1. The van der Waals surface area contributed by atoms with Crippen LogP contribution in [0.1, 0.15) is 5.56 Å². The van der Waals surface area contributed by atoms with Crippen molar-refractivity contribution < 1.29 is 4.42 Å². The fourth-order valence-electron chi connectivity index (χ4n) is 1.19. The van der Waals surface area contributed by atoms with E-state index in [1.807, 2.05) is 24.3 Å². The summed E-state index contributed by atoms with van der Waals surface area (Å²) in [5, 5.41) is 3.83. The second-order valence-corrected chi connectivity index (χ2v) is 2.58. The molecule has 3 heteroatoms. The van der Waals surface area contributed by atoms with E-state index in [2.05, 4.69) is 5.18 Å². The average Bonchev–Trinajstić information content (AvgIpc) is 2.51. The van der Waals surface area contributed by atoms with Gasteiger partial charge in [0.05, 0.1) is 6.26 Å². The maximum atomic E-state index is 9.98. The Hall–Kier alpha value is -1.64. The highest BCUT2D eigenvalue weighted by molar-refractivity contribution is 5.77. The van der Waals surface area contributed by atoms with E-state index in [0.29, 0.717) is 0 Å². The number of rotatable bonds is 2. The van der Waals surface area contributed by atoms with Crippen LogP contribution in [0.25, 0.3) is 11.0 Å². The van der Waals surface area contributed by atoms with Crippen molar-refractivity contribution in [3.8, 4) is 0 Å². The zero-order valence-corrected chi connectivity index (χ0v) is 6.36. The molecular weight excluding hydrogens is 154 g/mol.